The van der Waals surface area contributed by atoms with E-state index < -0.39 is 0 Å². The van der Waals surface area contributed by atoms with Crippen LogP contribution in [0.2, 0.25) is 0 Å². The van der Waals surface area contributed by atoms with Crippen molar-refractivity contribution in [1.82, 2.24) is 24.6 Å². The molecule has 1 unspecified atom stereocenters. The van der Waals surface area contributed by atoms with E-state index in [2.05, 4.69) is 19.9 Å². The third-order valence-electron chi connectivity index (χ3n) is 1.96. The van der Waals surface area contributed by atoms with Gasteiger partial charge in [0.1, 0.15) is 0 Å². The van der Waals surface area contributed by atoms with Crippen LogP contribution in [0.15, 0.2) is 11.6 Å². The molecule has 2 rings (SSSR count). The lowest BCUT2D eigenvalue weighted by Gasteiger charge is -2.08. The molecule has 0 aromatic carbocycles. The maximum absolute atomic E-state index is 5.98. The molecule has 74 valence electrons. The van der Waals surface area contributed by atoms with Crippen LogP contribution in [0.25, 0.3) is 0 Å². The van der Waals surface area contributed by atoms with Crippen LogP contribution in [0.5, 0.6) is 0 Å². The molecule has 0 aliphatic carbocycles. The first-order valence-electron chi connectivity index (χ1n) is 4.24. The molecule has 0 aliphatic heterocycles. The zero-order valence-corrected chi connectivity index (χ0v) is 8.48. The van der Waals surface area contributed by atoms with Crippen molar-refractivity contribution in [2.45, 2.75) is 19.5 Å². The van der Waals surface area contributed by atoms with Crippen molar-refractivity contribution in [2.24, 2.45) is 5.73 Å². The second-order valence-electron chi connectivity index (χ2n) is 2.78. The van der Waals surface area contributed by atoms with Gasteiger partial charge in [-0.25, -0.2) is 4.68 Å². The van der Waals surface area contributed by atoms with Gasteiger partial charge in [0.05, 0.1) is 23.6 Å². The van der Waals surface area contributed by atoms with Crippen molar-refractivity contribution in [3.05, 3.63) is 23.0 Å². The molecule has 0 radical (unpaired) electrons. The van der Waals surface area contributed by atoms with Crippen LogP contribution in [0.1, 0.15) is 24.4 Å². The highest BCUT2D eigenvalue weighted by atomic mass is 32.1. The minimum atomic E-state index is -0.288. The van der Waals surface area contributed by atoms with Gasteiger partial charge in [0, 0.05) is 11.9 Å². The molecule has 0 fully saturated rings. The maximum atomic E-state index is 5.98. The molecule has 0 amide bonds. The Morgan fingerprint density at radius 2 is 2.50 bits per heavy atom. The summed E-state index contributed by atoms with van der Waals surface area (Å²) in [4.78, 5) is 0. The Morgan fingerprint density at radius 3 is 3.14 bits per heavy atom. The topological polar surface area (TPSA) is 82.5 Å². The largest absolute Gasteiger partial charge is 0.318 e. The molecule has 6 nitrogen and oxygen atoms in total. The molecule has 14 heavy (non-hydrogen) atoms. The Labute approximate surface area is 84.9 Å². The predicted octanol–water partition coefficient (Wildman–Crippen LogP) is 0.198. The lowest BCUT2D eigenvalue weighted by atomic mass is 10.2. The van der Waals surface area contributed by atoms with Gasteiger partial charge in [-0.05, 0) is 18.5 Å². The lowest BCUT2D eigenvalue weighted by Crippen LogP contribution is -2.17. The Bertz CT molecular complexity index is 394. The van der Waals surface area contributed by atoms with E-state index >= 15 is 0 Å². The van der Waals surface area contributed by atoms with E-state index in [1.54, 1.807) is 10.9 Å². The third kappa shape index (κ3) is 1.51. The minimum absolute atomic E-state index is 0.288. The van der Waals surface area contributed by atoms with Crippen molar-refractivity contribution in [3.8, 4) is 0 Å². The van der Waals surface area contributed by atoms with Gasteiger partial charge in [0.2, 0.25) is 0 Å². The van der Waals surface area contributed by atoms with Gasteiger partial charge in [0.25, 0.3) is 0 Å². The van der Waals surface area contributed by atoms with Crippen molar-refractivity contribution in [1.29, 1.82) is 0 Å². The van der Waals surface area contributed by atoms with E-state index in [4.69, 9.17) is 5.73 Å². The number of rotatable bonds is 3. The number of hydrogen-bond donors (Lipinski definition) is 1. The van der Waals surface area contributed by atoms with Crippen molar-refractivity contribution in [2.75, 3.05) is 0 Å². The van der Waals surface area contributed by atoms with Crippen LogP contribution in [0.3, 0.4) is 0 Å². The summed E-state index contributed by atoms with van der Waals surface area (Å²) in [6, 6.07) is -0.288. The summed E-state index contributed by atoms with van der Waals surface area (Å²) in [5, 5.41) is 13.5. The van der Waals surface area contributed by atoms with Crippen LogP contribution >= 0.6 is 11.5 Å². The number of nitrogens with two attached hydrogens (primary N) is 1. The monoisotopic (exact) mass is 210 g/mol. The smallest absolute Gasteiger partial charge is 0.0984 e. The summed E-state index contributed by atoms with van der Waals surface area (Å²) in [5.41, 5.74) is 7.60. The van der Waals surface area contributed by atoms with Crippen LogP contribution in [0, 0.1) is 0 Å². The van der Waals surface area contributed by atoms with E-state index in [0.29, 0.717) is 0 Å². The zero-order valence-electron chi connectivity index (χ0n) is 7.66. The molecule has 2 heterocycles. The fraction of sp³-hybridized carbons (Fsp3) is 0.429. The van der Waals surface area contributed by atoms with E-state index in [0.717, 1.165) is 17.9 Å². The molecule has 0 spiro atoms. The van der Waals surface area contributed by atoms with Gasteiger partial charge in [-0.3, -0.25) is 0 Å². The number of aromatic nitrogens is 5. The first-order valence-corrected chi connectivity index (χ1v) is 5.07. The maximum Gasteiger partial charge on any atom is 0.0984 e. The summed E-state index contributed by atoms with van der Waals surface area (Å²) in [6.45, 7) is 2.74. The second-order valence-corrected chi connectivity index (χ2v) is 3.39. The van der Waals surface area contributed by atoms with E-state index in [9.17, 15) is 0 Å². The van der Waals surface area contributed by atoms with Gasteiger partial charge in [-0.1, -0.05) is 9.70 Å². The second kappa shape index (κ2) is 3.81. The first kappa shape index (κ1) is 9.22. The van der Waals surface area contributed by atoms with Gasteiger partial charge in [-0.2, -0.15) is 0 Å². The Morgan fingerprint density at radius 1 is 1.64 bits per heavy atom. The van der Waals surface area contributed by atoms with Gasteiger partial charge in [0.15, 0.2) is 0 Å². The molecular weight excluding hydrogens is 200 g/mol. The highest BCUT2D eigenvalue weighted by Gasteiger charge is 2.16. The molecule has 2 aromatic rings. The van der Waals surface area contributed by atoms with Crippen LogP contribution < -0.4 is 5.73 Å². The minimum Gasteiger partial charge on any atom is -0.318 e. The van der Waals surface area contributed by atoms with Crippen LogP contribution in [-0.4, -0.2) is 24.6 Å². The van der Waals surface area contributed by atoms with Crippen LogP contribution in [0.4, 0.5) is 0 Å². The first-order chi connectivity index (χ1) is 6.83. The van der Waals surface area contributed by atoms with Gasteiger partial charge in [-0.15, -0.1) is 10.2 Å². The van der Waals surface area contributed by atoms with E-state index in [1.807, 2.05) is 12.3 Å². The van der Waals surface area contributed by atoms with Gasteiger partial charge < -0.3 is 5.73 Å². The molecule has 0 saturated carbocycles. The standard InChI is InChI=1S/C7H10N6S/c1-2-13-6(3-9-11-13)7(8)5-4-14-12-10-5/h3-4,7H,2,8H2,1H3. The van der Waals surface area contributed by atoms with Gasteiger partial charge >= 0.3 is 0 Å². The predicted molar refractivity (Wildman–Crippen MR) is 51.6 cm³/mol. The molecule has 0 bridgehead atoms. The van der Waals surface area contributed by atoms with Crippen molar-refractivity contribution in [3.63, 3.8) is 0 Å². The average molecular weight is 210 g/mol. The number of aryl methyl sites for hydroxylation is 1. The Balaban J connectivity index is 2.31. The fourth-order valence-electron chi connectivity index (χ4n) is 1.21. The normalized spacial score (nSPS) is 13.0. The average Bonchev–Trinajstić information content (AvgIpc) is 2.87. The highest BCUT2D eigenvalue weighted by Crippen LogP contribution is 2.16. The molecule has 7 heteroatoms. The summed E-state index contributed by atoms with van der Waals surface area (Å²) in [5.74, 6) is 0. The number of hydrogen-bond acceptors (Lipinski definition) is 6. The summed E-state index contributed by atoms with van der Waals surface area (Å²) >= 11 is 1.29. The fourth-order valence-corrected chi connectivity index (χ4v) is 1.70. The van der Waals surface area contributed by atoms with Crippen molar-refractivity contribution < 1.29 is 0 Å². The summed E-state index contributed by atoms with van der Waals surface area (Å²) in [7, 11) is 0. The summed E-state index contributed by atoms with van der Waals surface area (Å²) in [6.07, 6.45) is 1.66. The van der Waals surface area contributed by atoms with Crippen molar-refractivity contribution >= 4 is 11.5 Å². The summed E-state index contributed by atoms with van der Waals surface area (Å²) < 4.78 is 5.52. The number of nitrogens with zero attached hydrogens (tertiary/aromatic N) is 5. The van der Waals surface area contributed by atoms with E-state index in [-0.39, 0.29) is 6.04 Å². The molecule has 0 aliphatic rings. The van der Waals surface area contributed by atoms with E-state index in [1.165, 1.54) is 11.5 Å². The molecule has 0 saturated heterocycles. The van der Waals surface area contributed by atoms with Crippen LogP contribution in [-0.2, 0) is 6.54 Å². The molecule has 2 aromatic heterocycles. The third-order valence-corrected chi connectivity index (χ3v) is 2.48. The molecular formula is C7H10N6S. The highest BCUT2D eigenvalue weighted by molar-refractivity contribution is 7.03. The Hall–Kier alpha value is -1.34. The molecule has 2 N–H and O–H groups in total. The SMILES string of the molecule is CCn1nncc1C(N)c1csnn1. The molecule has 1 atom stereocenters. The Kier molecular flexibility index (Phi) is 2.51. The zero-order chi connectivity index (χ0) is 9.97. The lowest BCUT2D eigenvalue weighted by molar-refractivity contribution is 0.577. The quantitative estimate of drug-likeness (QED) is 0.782.